The summed E-state index contributed by atoms with van der Waals surface area (Å²) >= 11 is 1.72. The number of hydrogen-bond acceptors (Lipinski definition) is 3. The van der Waals surface area contributed by atoms with E-state index in [4.69, 9.17) is 5.73 Å². The van der Waals surface area contributed by atoms with Crippen LogP contribution in [0.3, 0.4) is 0 Å². The molecule has 0 aliphatic carbocycles. The fraction of sp³-hybridized carbons (Fsp3) is 0.643. The molecular weight excluding hydrogens is 244 g/mol. The molecule has 3 N–H and O–H groups in total. The molecule has 4 heteroatoms. The number of carbonyl (C=O) groups excluding carboxylic acids is 1. The van der Waals surface area contributed by atoms with Gasteiger partial charge < -0.3 is 11.1 Å². The van der Waals surface area contributed by atoms with Gasteiger partial charge >= 0.3 is 0 Å². The maximum absolute atomic E-state index is 12.0. The third kappa shape index (κ3) is 3.82. The van der Waals surface area contributed by atoms with Crippen LogP contribution >= 0.6 is 11.3 Å². The van der Waals surface area contributed by atoms with Gasteiger partial charge in [0.1, 0.15) is 0 Å². The molecule has 0 aliphatic heterocycles. The molecular formula is C14H24N2OS. The number of nitrogens with one attached hydrogen (secondary N) is 1. The van der Waals surface area contributed by atoms with Crippen LogP contribution in [-0.2, 0) is 10.2 Å². The van der Waals surface area contributed by atoms with Gasteiger partial charge in [0.05, 0.1) is 5.54 Å². The number of amides is 1. The van der Waals surface area contributed by atoms with Gasteiger partial charge in [-0.25, -0.2) is 0 Å². The molecule has 1 aromatic heterocycles. The second-order valence-electron chi connectivity index (χ2n) is 5.71. The first kappa shape index (κ1) is 15.2. The molecule has 1 rings (SSSR count). The lowest BCUT2D eigenvalue weighted by Gasteiger charge is -2.28. The predicted molar refractivity (Wildman–Crippen MR) is 77.9 cm³/mol. The molecule has 1 amide bonds. The second-order valence-corrected chi connectivity index (χ2v) is 6.66. The summed E-state index contributed by atoms with van der Waals surface area (Å²) in [6.07, 6.45) is 1.62. The molecule has 1 atom stereocenters. The van der Waals surface area contributed by atoms with Crippen molar-refractivity contribution in [2.75, 3.05) is 6.54 Å². The van der Waals surface area contributed by atoms with Crippen LogP contribution < -0.4 is 11.1 Å². The van der Waals surface area contributed by atoms with E-state index < -0.39 is 5.54 Å². The highest BCUT2D eigenvalue weighted by molar-refractivity contribution is 7.10. The fourth-order valence-corrected chi connectivity index (χ4v) is 2.74. The first-order valence-corrected chi connectivity index (χ1v) is 7.29. The van der Waals surface area contributed by atoms with E-state index in [1.165, 1.54) is 4.88 Å². The zero-order valence-corrected chi connectivity index (χ0v) is 12.6. The first-order chi connectivity index (χ1) is 8.29. The van der Waals surface area contributed by atoms with Gasteiger partial charge in [0, 0.05) is 16.8 Å². The average Bonchev–Trinajstić information content (AvgIpc) is 2.79. The molecule has 0 saturated carbocycles. The Balaban J connectivity index is 2.58. The Morgan fingerprint density at radius 1 is 1.44 bits per heavy atom. The van der Waals surface area contributed by atoms with Crippen LogP contribution in [0.2, 0.25) is 0 Å². The Morgan fingerprint density at radius 3 is 2.61 bits per heavy atom. The Labute approximate surface area is 114 Å². The van der Waals surface area contributed by atoms with Crippen molar-refractivity contribution in [2.24, 2.45) is 5.73 Å². The van der Waals surface area contributed by atoms with E-state index in [-0.39, 0.29) is 11.3 Å². The fourth-order valence-electron chi connectivity index (χ4n) is 1.89. The monoisotopic (exact) mass is 268 g/mol. The van der Waals surface area contributed by atoms with E-state index in [1.54, 1.807) is 18.3 Å². The lowest BCUT2D eigenvalue weighted by molar-refractivity contribution is -0.126. The Hall–Kier alpha value is -0.870. The van der Waals surface area contributed by atoms with Crippen LogP contribution in [0.5, 0.6) is 0 Å². The minimum atomic E-state index is -0.764. The summed E-state index contributed by atoms with van der Waals surface area (Å²) in [6, 6.07) is 4.14. The summed E-state index contributed by atoms with van der Waals surface area (Å²) in [5.41, 5.74) is 5.20. The van der Waals surface area contributed by atoms with Gasteiger partial charge in [-0.3, -0.25) is 4.79 Å². The number of hydrogen-bond donors (Lipinski definition) is 2. The third-order valence-electron chi connectivity index (χ3n) is 3.17. The SMILES string of the molecule is CCCC(C)(N)C(=O)NCC(C)(C)c1cccs1. The van der Waals surface area contributed by atoms with Gasteiger partial charge in [-0.15, -0.1) is 11.3 Å². The highest BCUT2D eigenvalue weighted by Crippen LogP contribution is 2.26. The van der Waals surface area contributed by atoms with Gasteiger partial charge in [0.2, 0.25) is 5.91 Å². The Morgan fingerprint density at radius 2 is 2.11 bits per heavy atom. The van der Waals surface area contributed by atoms with Crippen LogP contribution in [0.4, 0.5) is 0 Å². The second kappa shape index (κ2) is 5.85. The number of thiophene rings is 1. The molecule has 0 fully saturated rings. The molecule has 102 valence electrons. The van der Waals surface area contributed by atoms with Crippen molar-refractivity contribution in [3.05, 3.63) is 22.4 Å². The molecule has 0 aromatic carbocycles. The predicted octanol–water partition coefficient (Wildman–Crippen LogP) is 2.66. The average molecular weight is 268 g/mol. The summed E-state index contributed by atoms with van der Waals surface area (Å²) in [5.74, 6) is -0.0611. The van der Waals surface area contributed by atoms with E-state index in [9.17, 15) is 4.79 Å². The Kier molecular flexibility index (Phi) is 4.93. The lowest BCUT2D eigenvalue weighted by Crippen LogP contribution is -2.53. The van der Waals surface area contributed by atoms with Crippen LogP contribution in [0.15, 0.2) is 17.5 Å². The van der Waals surface area contributed by atoms with Crippen molar-refractivity contribution in [3.63, 3.8) is 0 Å². The largest absolute Gasteiger partial charge is 0.354 e. The van der Waals surface area contributed by atoms with Gasteiger partial charge in [-0.1, -0.05) is 33.3 Å². The van der Waals surface area contributed by atoms with E-state index in [2.05, 4.69) is 30.6 Å². The zero-order valence-electron chi connectivity index (χ0n) is 11.7. The molecule has 3 nitrogen and oxygen atoms in total. The van der Waals surface area contributed by atoms with Crippen LogP contribution in [0.25, 0.3) is 0 Å². The Bertz CT molecular complexity index is 383. The van der Waals surface area contributed by atoms with Crippen molar-refractivity contribution in [1.29, 1.82) is 0 Å². The van der Waals surface area contributed by atoms with Crippen molar-refractivity contribution < 1.29 is 4.79 Å². The van der Waals surface area contributed by atoms with Crippen molar-refractivity contribution in [1.82, 2.24) is 5.32 Å². The quantitative estimate of drug-likeness (QED) is 0.833. The molecule has 1 heterocycles. The minimum Gasteiger partial charge on any atom is -0.354 e. The summed E-state index contributed by atoms with van der Waals surface area (Å²) < 4.78 is 0. The number of nitrogens with two attached hydrogens (primary N) is 1. The van der Waals surface area contributed by atoms with E-state index >= 15 is 0 Å². The summed E-state index contributed by atoms with van der Waals surface area (Å²) in [7, 11) is 0. The molecule has 0 bridgehead atoms. The van der Waals surface area contributed by atoms with Gasteiger partial charge in [0.15, 0.2) is 0 Å². The molecule has 0 saturated heterocycles. The maximum Gasteiger partial charge on any atom is 0.239 e. The normalized spacial score (nSPS) is 15.2. The number of carbonyl (C=O) groups is 1. The highest BCUT2D eigenvalue weighted by Gasteiger charge is 2.29. The summed E-state index contributed by atoms with van der Waals surface area (Å²) in [6.45, 7) is 8.71. The standard InChI is InChI=1S/C14H24N2OS/c1-5-8-14(4,15)12(17)16-10-13(2,3)11-7-6-9-18-11/h6-7,9H,5,8,10,15H2,1-4H3,(H,16,17). The molecule has 0 radical (unpaired) electrons. The summed E-state index contributed by atoms with van der Waals surface area (Å²) in [4.78, 5) is 13.3. The molecule has 18 heavy (non-hydrogen) atoms. The molecule has 1 aromatic rings. The van der Waals surface area contributed by atoms with Gasteiger partial charge in [-0.05, 0) is 24.8 Å². The van der Waals surface area contributed by atoms with E-state index in [1.807, 2.05) is 13.0 Å². The van der Waals surface area contributed by atoms with Crippen molar-refractivity contribution in [3.8, 4) is 0 Å². The zero-order chi connectivity index (χ0) is 13.8. The lowest BCUT2D eigenvalue weighted by atomic mass is 9.90. The molecule has 0 spiro atoms. The van der Waals surface area contributed by atoms with E-state index in [0.717, 1.165) is 6.42 Å². The highest BCUT2D eigenvalue weighted by atomic mass is 32.1. The molecule has 0 aliphatic rings. The first-order valence-electron chi connectivity index (χ1n) is 6.41. The van der Waals surface area contributed by atoms with Crippen molar-refractivity contribution in [2.45, 2.75) is 51.5 Å². The topological polar surface area (TPSA) is 55.1 Å². The van der Waals surface area contributed by atoms with Gasteiger partial charge in [0.25, 0.3) is 0 Å². The maximum atomic E-state index is 12.0. The third-order valence-corrected chi connectivity index (χ3v) is 4.40. The smallest absolute Gasteiger partial charge is 0.239 e. The number of rotatable bonds is 6. The minimum absolute atomic E-state index is 0.0495. The van der Waals surface area contributed by atoms with E-state index in [0.29, 0.717) is 13.0 Å². The summed E-state index contributed by atoms with van der Waals surface area (Å²) in [5, 5.41) is 5.04. The molecule has 1 unspecified atom stereocenters. The van der Waals surface area contributed by atoms with Crippen LogP contribution in [-0.4, -0.2) is 18.0 Å². The van der Waals surface area contributed by atoms with Gasteiger partial charge in [-0.2, -0.15) is 0 Å². The van der Waals surface area contributed by atoms with Crippen molar-refractivity contribution >= 4 is 17.2 Å². The van der Waals surface area contributed by atoms with Crippen LogP contribution in [0, 0.1) is 0 Å². The van der Waals surface area contributed by atoms with Crippen LogP contribution in [0.1, 0.15) is 45.4 Å².